The third kappa shape index (κ3) is 7.48. The molecule has 368 valence electrons. The van der Waals surface area contributed by atoms with Crippen LogP contribution >= 0.6 is 0 Å². The Morgan fingerprint density at radius 3 is 1.27 bits per heavy atom. The van der Waals surface area contributed by atoms with Crippen molar-refractivity contribution in [3.63, 3.8) is 0 Å². The van der Waals surface area contributed by atoms with Gasteiger partial charge in [0.1, 0.15) is 0 Å². The molecule has 16 aromatic rings. The van der Waals surface area contributed by atoms with Gasteiger partial charge in [0.2, 0.25) is 0 Å². The number of para-hydroxylation sites is 4. The maximum atomic E-state index is 2.49. The van der Waals surface area contributed by atoms with E-state index < -0.39 is 0 Å². The van der Waals surface area contributed by atoms with Crippen molar-refractivity contribution in [1.29, 1.82) is 0 Å². The first-order valence-corrected chi connectivity index (χ1v) is 27.4. The van der Waals surface area contributed by atoms with E-state index >= 15 is 0 Å². The predicted molar refractivity (Wildman–Crippen MR) is 336 cm³/mol. The summed E-state index contributed by atoms with van der Waals surface area (Å²) in [6.45, 7) is 0. The zero-order chi connectivity index (χ0) is 52.0. The minimum Gasteiger partial charge on any atom is -0.309 e. The second kappa shape index (κ2) is 18.2. The topological polar surface area (TPSA) is 9.86 Å². The summed E-state index contributed by atoms with van der Waals surface area (Å²) in [5, 5.41) is 15.2. The molecular formula is C77H50N2. The molecule has 0 aliphatic carbocycles. The zero-order valence-electron chi connectivity index (χ0n) is 43.3. The van der Waals surface area contributed by atoms with Crippen molar-refractivity contribution >= 4 is 86.7 Å². The Bertz CT molecular complexity index is 5060. The molecule has 2 heterocycles. The molecule has 2 nitrogen and oxygen atoms in total. The fourth-order valence-electron chi connectivity index (χ4n) is 12.9. The number of hydrogen-bond donors (Lipinski definition) is 0. The molecule has 0 aliphatic rings. The molecule has 0 radical (unpaired) electrons. The first-order valence-electron chi connectivity index (χ1n) is 27.4. The van der Waals surface area contributed by atoms with Gasteiger partial charge in [0, 0.05) is 32.9 Å². The average molecular weight is 1000 g/mol. The van der Waals surface area contributed by atoms with Gasteiger partial charge in [0.25, 0.3) is 0 Å². The van der Waals surface area contributed by atoms with Gasteiger partial charge in [-0.25, -0.2) is 0 Å². The fourth-order valence-corrected chi connectivity index (χ4v) is 12.9. The highest BCUT2D eigenvalue weighted by molar-refractivity contribution is 6.16. The summed E-state index contributed by atoms with van der Waals surface area (Å²) in [5.74, 6) is 0. The summed E-state index contributed by atoms with van der Waals surface area (Å²) in [6, 6.07) is 108. The molecule has 2 heteroatoms. The van der Waals surface area contributed by atoms with Crippen molar-refractivity contribution in [3.05, 3.63) is 302 Å². The van der Waals surface area contributed by atoms with E-state index in [9.17, 15) is 0 Å². The van der Waals surface area contributed by atoms with E-state index in [0.717, 1.165) is 6.42 Å². The summed E-state index contributed by atoms with van der Waals surface area (Å²) in [4.78, 5) is 0. The molecular weight excluding hydrogens is 953 g/mol. The Morgan fingerprint density at radius 1 is 0.215 bits per heavy atom. The number of benzene rings is 14. The standard InChI is InChI=1S/C77H50N2/c1-3-16-61(17-4-1)78-74-25-13-11-23-67(74)72-45-56(38-41-76(72)78)51-28-30-53(31-29-51)59-47-69(55-34-32-52(33-35-55)57-39-42-77-73(46-57)68-24-12-14-26-75(68)79(77)62-18-5-2-6-19-62)71-49-60(64-21-9-10-22-66(64)70(71)48-59)44-50-27-40-65-58(43-50)37-36-54-15-7-8-20-63(54)65/h1-43,45-49H,44H2. The van der Waals surface area contributed by atoms with Gasteiger partial charge in [-0.1, -0.05) is 212 Å². The SMILES string of the molecule is c1ccc(-n2c3ccccc3c3cc(-c4ccc(-c5cc(-c6ccc(-c7ccc8c(c7)c7ccccc7n8-c7ccccc7)cc6)c6cc(Cc7ccc8c(ccc9ccccc98)c7)c7ccccc7c6c5)cc4)ccc32)cc1. The molecule has 0 amide bonds. The average Bonchev–Trinajstić information content (AvgIpc) is 4.15. The van der Waals surface area contributed by atoms with Gasteiger partial charge in [0.05, 0.1) is 22.1 Å². The Hall–Kier alpha value is -10.3. The van der Waals surface area contributed by atoms with Gasteiger partial charge in [-0.3, -0.25) is 0 Å². The molecule has 0 aliphatic heterocycles. The molecule has 0 saturated carbocycles. The number of hydrogen-bond acceptors (Lipinski definition) is 0. The number of fused-ring (bicyclic) bond motifs is 12. The summed E-state index contributed by atoms with van der Waals surface area (Å²) in [6.07, 6.45) is 0.822. The highest BCUT2D eigenvalue weighted by Gasteiger charge is 2.18. The monoisotopic (exact) mass is 1000 g/mol. The molecule has 0 unspecified atom stereocenters. The van der Waals surface area contributed by atoms with Crippen LogP contribution in [0.4, 0.5) is 0 Å². The minimum absolute atomic E-state index is 0.822. The molecule has 16 rings (SSSR count). The Balaban J connectivity index is 0.822. The van der Waals surface area contributed by atoms with E-state index in [1.807, 2.05) is 0 Å². The van der Waals surface area contributed by atoms with Gasteiger partial charge in [-0.05, 0) is 184 Å². The highest BCUT2D eigenvalue weighted by atomic mass is 15.0. The molecule has 2 aromatic heterocycles. The maximum absolute atomic E-state index is 2.49. The van der Waals surface area contributed by atoms with E-state index in [2.05, 4.69) is 300 Å². The Kier molecular flexibility index (Phi) is 10.4. The Labute approximate surface area is 457 Å². The van der Waals surface area contributed by atoms with Crippen molar-refractivity contribution in [3.8, 4) is 55.9 Å². The zero-order valence-corrected chi connectivity index (χ0v) is 43.3. The summed E-state index contributed by atoms with van der Waals surface area (Å²) >= 11 is 0. The van der Waals surface area contributed by atoms with Crippen LogP contribution in [0.25, 0.3) is 143 Å². The van der Waals surface area contributed by atoms with E-state index in [-0.39, 0.29) is 0 Å². The first-order chi connectivity index (χ1) is 39.1. The van der Waals surface area contributed by atoms with Crippen LogP contribution in [0.2, 0.25) is 0 Å². The molecule has 0 atom stereocenters. The minimum atomic E-state index is 0.822. The Morgan fingerprint density at radius 2 is 0.658 bits per heavy atom. The van der Waals surface area contributed by atoms with E-state index in [1.165, 1.54) is 154 Å². The smallest absolute Gasteiger partial charge is 0.0541 e. The van der Waals surface area contributed by atoms with Crippen molar-refractivity contribution in [2.24, 2.45) is 0 Å². The lowest BCUT2D eigenvalue weighted by molar-refractivity contribution is 1.18. The van der Waals surface area contributed by atoms with Crippen molar-refractivity contribution < 1.29 is 0 Å². The van der Waals surface area contributed by atoms with Gasteiger partial charge >= 0.3 is 0 Å². The second-order valence-electron chi connectivity index (χ2n) is 21.2. The van der Waals surface area contributed by atoms with Crippen LogP contribution in [0.3, 0.4) is 0 Å². The lowest BCUT2D eigenvalue weighted by atomic mass is 9.87. The van der Waals surface area contributed by atoms with Crippen LogP contribution in [0.5, 0.6) is 0 Å². The molecule has 0 spiro atoms. The largest absolute Gasteiger partial charge is 0.309 e. The van der Waals surface area contributed by atoms with Crippen LogP contribution in [0, 0.1) is 0 Å². The summed E-state index contributed by atoms with van der Waals surface area (Å²) in [7, 11) is 0. The predicted octanol–water partition coefficient (Wildman–Crippen LogP) is 20.8. The lowest BCUT2D eigenvalue weighted by Crippen LogP contribution is -1.94. The number of aromatic nitrogens is 2. The quantitative estimate of drug-likeness (QED) is 0.134. The van der Waals surface area contributed by atoms with Crippen LogP contribution in [-0.4, -0.2) is 9.13 Å². The number of nitrogens with zero attached hydrogens (tertiary/aromatic N) is 2. The molecule has 0 bridgehead atoms. The maximum Gasteiger partial charge on any atom is 0.0541 e. The van der Waals surface area contributed by atoms with Crippen molar-refractivity contribution in [1.82, 2.24) is 9.13 Å². The van der Waals surface area contributed by atoms with Gasteiger partial charge in [-0.2, -0.15) is 0 Å². The van der Waals surface area contributed by atoms with E-state index in [4.69, 9.17) is 0 Å². The van der Waals surface area contributed by atoms with Crippen LogP contribution in [0.1, 0.15) is 11.1 Å². The summed E-state index contributed by atoms with van der Waals surface area (Å²) < 4.78 is 4.76. The van der Waals surface area contributed by atoms with Gasteiger partial charge in [0.15, 0.2) is 0 Å². The molecule has 79 heavy (non-hydrogen) atoms. The van der Waals surface area contributed by atoms with Gasteiger partial charge in [-0.15, -0.1) is 0 Å². The van der Waals surface area contributed by atoms with Crippen molar-refractivity contribution in [2.45, 2.75) is 6.42 Å². The third-order valence-electron chi connectivity index (χ3n) is 16.7. The first kappa shape index (κ1) is 45.0. The molecule has 0 fully saturated rings. The van der Waals surface area contributed by atoms with E-state index in [1.54, 1.807) is 0 Å². The van der Waals surface area contributed by atoms with Crippen LogP contribution in [-0.2, 0) is 6.42 Å². The van der Waals surface area contributed by atoms with Crippen molar-refractivity contribution in [2.75, 3.05) is 0 Å². The normalized spacial score (nSPS) is 11.8. The summed E-state index contributed by atoms with van der Waals surface area (Å²) in [5.41, 5.74) is 19.4. The van der Waals surface area contributed by atoms with E-state index in [0.29, 0.717) is 0 Å². The molecule has 0 saturated heterocycles. The number of rotatable bonds is 8. The lowest BCUT2D eigenvalue weighted by Gasteiger charge is -2.17. The second-order valence-corrected chi connectivity index (χ2v) is 21.2. The highest BCUT2D eigenvalue weighted by Crippen LogP contribution is 2.43. The third-order valence-corrected chi connectivity index (χ3v) is 16.7. The molecule has 14 aromatic carbocycles. The van der Waals surface area contributed by atoms with Crippen LogP contribution < -0.4 is 0 Å². The fraction of sp³-hybridized carbons (Fsp3) is 0.0130. The molecule has 0 N–H and O–H groups in total. The van der Waals surface area contributed by atoms with Gasteiger partial charge < -0.3 is 9.13 Å². The van der Waals surface area contributed by atoms with Crippen LogP contribution in [0.15, 0.2) is 291 Å².